The van der Waals surface area contributed by atoms with Crippen molar-refractivity contribution in [2.75, 3.05) is 7.05 Å². The summed E-state index contributed by atoms with van der Waals surface area (Å²) in [7, 11) is 2.05. The smallest absolute Gasteiger partial charge is 0.103 e. The quantitative estimate of drug-likeness (QED) is 0.860. The molecule has 0 spiro atoms. The number of hydrogen-bond acceptors (Lipinski definition) is 2. The van der Waals surface area contributed by atoms with Crippen molar-refractivity contribution in [2.45, 2.75) is 46.1 Å². The lowest BCUT2D eigenvalue weighted by molar-refractivity contribution is 0.459. The van der Waals surface area contributed by atoms with Gasteiger partial charge in [-0.05, 0) is 69.5 Å². The zero-order valence-electron chi connectivity index (χ0n) is 13.0. The van der Waals surface area contributed by atoms with Crippen LogP contribution in [0.2, 0.25) is 0 Å². The number of aryl methyl sites for hydroxylation is 4. The number of hydrogen-bond donors (Lipinski definition) is 1. The van der Waals surface area contributed by atoms with E-state index in [1.165, 1.54) is 22.3 Å². The van der Waals surface area contributed by atoms with Gasteiger partial charge in [0.15, 0.2) is 0 Å². The Hall–Kier alpha value is -1.54. The van der Waals surface area contributed by atoms with E-state index in [4.69, 9.17) is 4.42 Å². The van der Waals surface area contributed by atoms with Crippen LogP contribution >= 0.6 is 0 Å². The summed E-state index contributed by atoms with van der Waals surface area (Å²) in [5.74, 6) is 1.07. The van der Waals surface area contributed by atoms with Gasteiger partial charge in [-0.15, -0.1) is 0 Å². The highest BCUT2D eigenvalue weighted by Gasteiger charge is 2.12. The predicted molar refractivity (Wildman–Crippen MR) is 84.2 cm³/mol. The number of furan rings is 1. The summed E-state index contributed by atoms with van der Waals surface area (Å²) in [5, 5.41) is 3.44. The summed E-state index contributed by atoms with van der Waals surface area (Å²) >= 11 is 0. The fraction of sp³-hybridized carbons (Fsp3) is 0.444. The van der Waals surface area contributed by atoms with Crippen molar-refractivity contribution in [1.29, 1.82) is 0 Å². The van der Waals surface area contributed by atoms with Crippen LogP contribution in [-0.2, 0) is 12.8 Å². The van der Waals surface area contributed by atoms with Gasteiger partial charge >= 0.3 is 0 Å². The van der Waals surface area contributed by atoms with E-state index in [1.54, 1.807) is 6.26 Å². The minimum Gasteiger partial charge on any atom is -0.469 e. The summed E-state index contributed by atoms with van der Waals surface area (Å²) in [5.41, 5.74) is 5.64. The van der Waals surface area contributed by atoms with Crippen LogP contribution in [0, 0.1) is 20.8 Å². The highest BCUT2D eigenvalue weighted by atomic mass is 16.3. The van der Waals surface area contributed by atoms with E-state index < -0.39 is 0 Å². The lowest BCUT2D eigenvalue weighted by Gasteiger charge is -2.19. The lowest BCUT2D eigenvalue weighted by Crippen LogP contribution is -2.28. The molecule has 0 saturated carbocycles. The maximum atomic E-state index is 5.41. The minimum atomic E-state index is 0.486. The minimum absolute atomic E-state index is 0.486. The summed E-state index contributed by atoms with van der Waals surface area (Å²) in [6.45, 7) is 6.60. The first kappa shape index (κ1) is 14.9. The normalized spacial score (nSPS) is 12.6. The molecule has 2 heteroatoms. The van der Waals surface area contributed by atoms with Crippen LogP contribution in [0.5, 0.6) is 0 Å². The summed E-state index contributed by atoms with van der Waals surface area (Å²) in [6.07, 6.45) is 4.91. The highest BCUT2D eigenvalue weighted by molar-refractivity contribution is 5.38. The second-order valence-corrected chi connectivity index (χ2v) is 5.69. The molecule has 0 bridgehead atoms. The van der Waals surface area contributed by atoms with E-state index >= 15 is 0 Å². The van der Waals surface area contributed by atoms with Crippen molar-refractivity contribution in [2.24, 2.45) is 0 Å². The van der Waals surface area contributed by atoms with Crippen LogP contribution in [0.15, 0.2) is 34.9 Å². The van der Waals surface area contributed by atoms with Gasteiger partial charge in [0.2, 0.25) is 0 Å². The van der Waals surface area contributed by atoms with Crippen LogP contribution in [0.4, 0.5) is 0 Å². The Morgan fingerprint density at radius 1 is 1.15 bits per heavy atom. The molecule has 1 atom stereocenters. The molecule has 2 aromatic rings. The Bertz CT molecular complexity index is 520. The lowest BCUT2D eigenvalue weighted by atomic mass is 9.93. The van der Waals surface area contributed by atoms with Gasteiger partial charge in [-0.2, -0.15) is 0 Å². The molecule has 0 aliphatic carbocycles. The van der Waals surface area contributed by atoms with E-state index in [1.807, 2.05) is 13.1 Å². The largest absolute Gasteiger partial charge is 0.469 e. The second-order valence-electron chi connectivity index (χ2n) is 5.69. The molecule has 1 aromatic heterocycles. The molecule has 108 valence electrons. The van der Waals surface area contributed by atoms with Gasteiger partial charge in [-0.25, -0.2) is 0 Å². The maximum absolute atomic E-state index is 5.41. The monoisotopic (exact) mass is 271 g/mol. The number of benzene rings is 1. The SMILES string of the molecule is CNC(CCc1ccco1)Cc1c(C)cc(C)cc1C. The van der Waals surface area contributed by atoms with Gasteiger partial charge in [-0.3, -0.25) is 0 Å². The van der Waals surface area contributed by atoms with E-state index in [0.29, 0.717) is 6.04 Å². The molecule has 2 rings (SSSR count). The van der Waals surface area contributed by atoms with Crippen molar-refractivity contribution >= 4 is 0 Å². The molecule has 0 radical (unpaired) electrons. The molecule has 20 heavy (non-hydrogen) atoms. The van der Waals surface area contributed by atoms with E-state index in [9.17, 15) is 0 Å². The first-order chi connectivity index (χ1) is 9.60. The predicted octanol–water partition coefficient (Wildman–Crippen LogP) is 3.97. The van der Waals surface area contributed by atoms with Crippen LogP contribution in [0.3, 0.4) is 0 Å². The Labute approximate surface area is 122 Å². The third-order valence-electron chi connectivity index (χ3n) is 4.02. The number of nitrogens with one attached hydrogen (secondary N) is 1. The molecule has 2 nitrogen and oxygen atoms in total. The zero-order valence-corrected chi connectivity index (χ0v) is 13.0. The first-order valence-electron chi connectivity index (χ1n) is 7.36. The molecule has 0 fully saturated rings. The third kappa shape index (κ3) is 3.73. The molecule has 0 amide bonds. The first-order valence-corrected chi connectivity index (χ1v) is 7.36. The van der Waals surface area contributed by atoms with E-state index in [0.717, 1.165) is 25.0 Å². The van der Waals surface area contributed by atoms with Crippen molar-refractivity contribution in [3.63, 3.8) is 0 Å². The number of likely N-dealkylation sites (N-methyl/N-ethyl adjacent to an activating group) is 1. The van der Waals surface area contributed by atoms with Crippen LogP contribution in [0.25, 0.3) is 0 Å². The average Bonchev–Trinajstić information content (AvgIpc) is 2.90. The second kappa shape index (κ2) is 6.76. The van der Waals surface area contributed by atoms with Gasteiger partial charge in [0, 0.05) is 12.5 Å². The van der Waals surface area contributed by atoms with Crippen LogP contribution in [-0.4, -0.2) is 13.1 Å². The fourth-order valence-electron chi connectivity index (χ4n) is 2.90. The Morgan fingerprint density at radius 3 is 2.40 bits per heavy atom. The summed E-state index contributed by atoms with van der Waals surface area (Å²) < 4.78 is 5.41. The third-order valence-corrected chi connectivity index (χ3v) is 4.02. The molecule has 1 heterocycles. The van der Waals surface area contributed by atoms with Gasteiger partial charge < -0.3 is 9.73 Å². The Kier molecular flexibility index (Phi) is 5.02. The van der Waals surface area contributed by atoms with E-state index in [2.05, 4.69) is 44.3 Å². The molecule has 0 saturated heterocycles. The van der Waals surface area contributed by atoms with Gasteiger partial charge in [-0.1, -0.05) is 17.7 Å². The molecule has 1 aromatic carbocycles. The Morgan fingerprint density at radius 2 is 1.85 bits per heavy atom. The van der Waals surface area contributed by atoms with Crippen molar-refractivity contribution in [1.82, 2.24) is 5.32 Å². The highest BCUT2D eigenvalue weighted by Crippen LogP contribution is 2.19. The van der Waals surface area contributed by atoms with E-state index in [-0.39, 0.29) is 0 Å². The van der Waals surface area contributed by atoms with Gasteiger partial charge in [0.1, 0.15) is 5.76 Å². The standard InChI is InChI=1S/C18H25NO/c1-13-10-14(2)18(15(3)11-13)12-16(19-4)7-8-17-6-5-9-20-17/h5-6,9-11,16,19H,7-8,12H2,1-4H3. The molecular formula is C18H25NO. The molecule has 0 aliphatic heterocycles. The van der Waals surface area contributed by atoms with Gasteiger partial charge in [0.25, 0.3) is 0 Å². The van der Waals surface area contributed by atoms with Crippen LogP contribution in [0.1, 0.15) is 34.4 Å². The van der Waals surface area contributed by atoms with Gasteiger partial charge in [0.05, 0.1) is 6.26 Å². The van der Waals surface area contributed by atoms with Crippen molar-refractivity contribution < 1.29 is 4.42 Å². The summed E-state index contributed by atoms with van der Waals surface area (Å²) in [4.78, 5) is 0. The summed E-state index contributed by atoms with van der Waals surface area (Å²) in [6, 6.07) is 9.05. The number of rotatable bonds is 6. The molecule has 1 N–H and O–H groups in total. The maximum Gasteiger partial charge on any atom is 0.103 e. The Balaban J connectivity index is 2.02. The molecule has 0 aliphatic rings. The topological polar surface area (TPSA) is 25.2 Å². The molecule has 1 unspecified atom stereocenters. The fourth-order valence-corrected chi connectivity index (χ4v) is 2.90. The molecular weight excluding hydrogens is 246 g/mol. The van der Waals surface area contributed by atoms with Crippen LogP contribution < -0.4 is 5.32 Å². The average molecular weight is 271 g/mol. The van der Waals surface area contributed by atoms with Crippen molar-refractivity contribution in [3.05, 3.63) is 58.5 Å². The van der Waals surface area contributed by atoms with Crippen molar-refractivity contribution in [3.8, 4) is 0 Å². The zero-order chi connectivity index (χ0) is 14.5.